The Morgan fingerprint density at radius 1 is 1.33 bits per heavy atom. The maximum absolute atomic E-state index is 12.3. The van der Waals surface area contributed by atoms with Gasteiger partial charge < -0.3 is 19.9 Å². The minimum Gasteiger partial charge on any atom is -0.383 e. The summed E-state index contributed by atoms with van der Waals surface area (Å²) in [6.45, 7) is 0.823. The van der Waals surface area contributed by atoms with E-state index in [-0.39, 0.29) is 11.7 Å². The van der Waals surface area contributed by atoms with Gasteiger partial charge in [-0.15, -0.1) is 0 Å². The number of ether oxygens (including phenoxy) is 1. The van der Waals surface area contributed by atoms with Crippen LogP contribution in [-0.4, -0.2) is 78.1 Å². The molecule has 0 radical (unpaired) electrons. The zero-order valence-corrected chi connectivity index (χ0v) is 15.9. The molecule has 144 valence electrons. The number of hydrogen-bond donors (Lipinski definition) is 2. The van der Waals surface area contributed by atoms with E-state index in [0.29, 0.717) is 24.0 Å². The fourth-order valence-electron chi connectivity index (χ4n) is 2.89. The van der Waals surface area contributed by atoms with E-state index < -0.39 is 24.1 Å². The van der Waals surface area contributed by atoms with Crippen LogP contribution in [0.2, 0.25) is 0 Å². The van der Waals surface area contributed by atoms with Crippen LogP contribution in [0.25, 0.3) is 0 Å². The third kappa shape index (κ3) is 4.22. The van der Waals surface area contributed by atoms with Crippen molar-refractivity contribution in [3.8, 4) is 0 Å². The Morgan fingerprint density at radius 3 is 2.78 bits per heavy atom. The first-order chi connectivity index (χ1) is 13.0. The van der Waals surface area contributed by atoms with Gasteiger partial charge in [0.2, 0.25) is 5.91 Å². The number of thioether (sulfide) groups is 1. The summed E-state index contributed by atoms with van der Waals surface area (Å²) in [5, 5.41) is 5.68. The van der Waals surface area contributed by atoms with E-state index in [2.05, 4.69) is 15.6 Å². The van der Waals surface area contributed by atoms with Crippen LogP contribution in [0, 0.1) is 0 Å². The summed E-state index contributed by atoms with van der Waals surface area (Å²) in [6, 6.07) is 8.06. The molecular weight excluding hydrogens is 370 g/mol. The molecule has 0 spiro atoms. The van der Waals surface area contributed by atoms with Gasteiger partial charge in [-0.25, -0.2) is 9.79 Å². The Labute approximate surface area is 161 Å². The average molecular weight is 391 g/mol. The van der Waals surface area contributed by atoms with Gasteiger partial charge in [-0.2, -0.15) is 0 Å². The van der Waals surface area contributed by atoms with Crippen molar-refractivity contribution in [1.82, 2.24) is 15.1 Å². The molecule has 1 aromatic rings. The summed E-state index contributed by atoms with van der Waals surface area (Å²) in [4.78, 5) is 44.1. The quantitative estimate of drug-likeness (QED) is 0.734. The predicted octanol–water partition coefficient (Wildman–Crippen LogP) is 0.553. The molecule has 3 rings (SSSR count). The second kappa shape index (κ2) is 8.40. The zero-order valence-electron chi connectivity index (χ0n) is 15.0. The Balaban J connectivity index is 1.68. The van der Waals surface area contributed by atoms with Crippen LogP contribution in [0.1, 0.15) is 0 Å². The summed E-state index contributed by atoms with van der Waals surface area (Å²) >= 11 is 1.23. The number of benzene rings is 1. The molecule has 0 saturated carbocycles. The summed E-state index contributed by atoms with van der Waals surface area (Å²) in [5.74, 6) is -0.438. The molecule has 4 amide bonds. The lowest BCUT2D eigenvalue weighted by Gasteiger charge is -2.36. The number of aliphatic imine (C=N–C) groups is 1. The number of carbonyl (C=O) groups excluding carboxylic acids is 3. The summed E-state index contributed by atoms with van der Waals surface area (Å²) < 4.78 is 5.12. The number of amidine groups is 1. The van der Waals surface area contributed by atoms with Gasteiger partial charge >= 0.3 is 6.03 Å². The van der Waals surface area contributed by atoms with Crippen molar-refractivity contribution >= 4 is 40.5 Å². The molecular formula is C17H21N5O4S. The van der Waals surface area contributed by atoms with Gasteiger partial charge in [0.05, 0.1) is 12.4 Å². The highest BCUT2D eigenvalue weighted by molar-refractivity contribution is 8.14. The molecule has 0 aliphatic carbocycles. The van der Waals surface area contributed by atoms with Gasteiger partial charge in [0.1, 0.15) is 0 Å². The molecule has 1 aromatic carbocycles. The third-order valence-electron chi connectivity index (χ3n) is 4.25. The van der Waals surface area contributed by atoms with Gasteiger partial charge in [0.25, 0.3) is 5.91 Å². The Hall–Kier alpha value is -2.59. The van der Waals surface area contributed by atoms with Gasteiger partial charge in [0, 0.05) is 26.4 Å². The van der Waals surface area contributed by atoms with E-state index in [0.717, 1.165) is 0 Å². The van der Waals surface area contributed by atoms with Gasteiger partial charge in [-0.05, 0) is 12.1 Å². The molecule has 1 fully saturated rings. The van der Waals surface area contributed by atoms with E-state index in [1.807, 2.05) is 18.2 Å². The molecule has 2 aliphatic rings. The number of rotatable bonds is 6. The molecule has 10 heteroatoms. The average Bonchev–Trinajstić information content (AvgIpc) is 3.03. The second-order valence-electron chi connectivity index (χ2n) is 6.06. The Bertz CT molecular complexity index is 757. The number of para-hydroxylation sites is 1. The van der Waals surface area contributed by atoms with E-state index in [9.17, 15) is 14.4 Å². The van der Waals surface area contributed by atoms with Crippen molar-refractivity contribution in [2.75, 3.05) is 38.4 Å². The summed E-state index contributed by atoms with van der Waals surface area (Å²) in [7, 11) is 3.16. The number of hydrogen-bond acceptors (Lipinski definition) is 7. The fraction of sp³-hybridized carbons (Fsp3) is 0.412. The van der Waals surface area contributed by atoms with E-state index in [4.69, 9.17) is 4.74 Å². The van der Waals surface area contributed by atoms with E-state index >= 15 is 0 Å². The number of nitrogens with one attached hydrogen (secondary N) is 2. The first-order valence-corrected chi connectivity index (χ1v) is 9.38. The highest BCUT2D eigenvalue weighted by atomic mass is 32.2. The van der Waals surface area contributed by atoms with Gasteiger partial charge in [0.15, 0.2) is 17.4 Å². The zero-order chi connectivity index (χ0) is 19.4. The number of anilines is 1. The molecule has 2 atom stereocenters. The van der Waals surface area contributed by atoms with Crippen LogP contribution in [0.4, 0.5) is 10.5 Å². The monoisotopic (exact) mass is 391 g/mol. The highest BCUT2D eigenvalue weighted by Gasteiger charge is 2.48. The lowest BCUT2D eigenvalue weighted by Crippen LogP contribution is -2.63. The number of nitrogens with zero attached hydrogens (tertiary/aromatic N) is 3. The first-order valence-electron chi connectivity index (χ1n) is 8.40. The normalized spacial score (nSPS) is 21.6. The van der Waals surface area contributed by atoms with Crippen LogP contribution in [0.3, 0.4) is 0 Å². The lowest BCUT2D eigenvalue weighted by molar-refractivity contribution is -0.127. The lowest BCUT2D eigenvalue weighted by atomic mass is 10.1. The van der Waals surface area contributed by atoms with Crippen molar-refractivity contribution in [2.24, 2.45) is 4.99 Å². The van der Waals surface area contributed by atoms with Crippen LogP contribution >= 0.6 is 11.8 Å². The van der Waals surface area contributed by atoms with Crippen LogP contribution in [0.15, 0.2) is 35.3 Å². The SMILES string of the molecule is COCCN1C(SCC(=O)Nc2ccccc2)=NC2C1C(=O)NC(=O)N2C. The van der Waals surface area contributed by atoms with Crippen molar-refractivity contribution in [1.29, 1.82) is 0 Å². The Kier molecular flexibility index (Phi) is 5.97. The third-order valence-corrected chi connectivity index (χ3v) is 5.25. The first kappa shape index (κ1) is 19.2. The minimum atomic E-state index is -0.623. The number of carbonyl (C=O) groups is 3. The molecule has 27 heavy (non-hydrogen) atoms. The maximum atomic E-state index is 12.3. The topological polar surface area (TPSA) is 103 Å². The molecule has 2 heterocycles. The minimum absolute atomic E-state index is 0.135. The van der Waals surface area contributed by atoms with Crippen molar-refractivity contribution in [3.05, 3.63) is 30.3 Å². The smallest absolute Gasteiger partial charge is 0.325 e. The van der Waals surface area contributed by atoms with Crippen molar-refractivity contribution in [2.45, 2.75) is 12.2 Å². The number of methoxy groups -OCH3 is 1. The molecule has 2 N–H and O–H groups in total. The fourth-order valence-corrected chi connectivity index (χ4v) is 3.78. The number of amides is 4. The van der Waals surface area contributed by atoms with Crippen LogP contribution in [-0.2, 0) is 14.3 Å². The van der Waals surface area contributed by atoms with Crippen molar-refractivity contribution < 1.29 is 19.1 Å². The number of likely N-dealkylation sites (N-methyl/N-ethyl adjacent to an activating group) is 1. The number of fused-ring (bicyclic) bond motifs is 1. The summed E-state index contributed by atoms with van der Waals surface area (Å²) in [5.41, 5.74) is 0.714. The molecule has 0 aromatic heterocycles. The van der Waals surface area contributed by atoms with Gasteiger partial charge in [-0.3, -0.25) is 14.9 Å². The predicted molar refractivity (Wildman–Crippen MR) is 102 cm³/mol. The molecule has 1 saturated heterocycles. The van der Waals surface area contributed by atoms with Crippen LogP contribution in [0.5, 0.6) is 0 Å². The van der Waals surface area contributed by atoms with Crippen LogP contribution < -0.4 is 10.6 Å². The molecule has 2 unspecified atom stereocenters. The second-order valence-corrected chi connectivity index (χ2v) is 7.01. The molecule has 2 aliphatic heterocycles. The molecule has 9 nitrogen and oxygen atoms in total. The van der Waals surface area contributed by atoms with Crippen molar-refractivity contribution in [3.63, 3.8) is 0 Å². The van der Waals surface area contributed by atoms with Gasteiger partial charge in [-0.1, -0.05) is 30.0 Å². The van der Waals surface area contributed by atoms with E-state index in [1.165, 1.54) is 16.7 Å². The Morgan fingerprint density at radius 2 is 2.07 bits per heavy atom. The summed E-state index contributed by atoms with van der Waals surface area (Å²) in [6.07, 6.45) is -0.609. The number of imide groups is 1. The largest absolute Gasteiger partial charge is 0.383 e. The maximum Gasteiger partial charge on any atom is 0.325 e. The number of urea groups is 1. The standard InChI is InChI=1S/C17H21N5O4S/c1-21-14-13(15(24)20-16(21)25)22(8-9-26-2)17(19-14)27-10-12(23)18-11-6-4-3-5-7-11/h3-7,13-14H,8-10H2,1-2H3,(H,18,23)(H,20,24,25). The molecule has 0 bridgehead atoms. The van der Waals surface area contributed by atoms with E-state index in [1.54, 1.807) is 31.2 Å². The highest BCUT2D eigenvalue weighted by Crippen LogP contribution is 2.28.